The van der Waals surface area contributed by atoms with Crippen molar-refractivity contribution in [3.8, 4) is 0 Å². The predicted octanol–water partition coefficient (Wildman–Crippen LogP) is 5.29. The van der Waals surface area contributed by atoms with Gasteiger partial charge in [0.05, 0.1) is 11.3 Å². The molecular weight excluding hydrogens is 450 g/mol. The van der Waals surface area contributed by atoms with E-state index in [2.05, 4.69) is 5.16 Å². The standard InChI is InChI=1S/C24H30ClNO5S/c1-4-9-21(26-30-13-8-12-25)24-22(28)15-19(16-23(24)31-18(3)27)14-17(2)32(29)20-10-6-5-7-11-20/h5-8,10-12,17,19H,4,9,13-16H2,1-3H3. The molecule has 2 rings (SSSR count). The minimum atomic E-state index is -1.19. The molecule has 1 aromatic rings. The van der Waals surface area contributed by atoms with Crippen LogP contribution >= 0.6 is 11.6 Å². The van der Waals surface area contributed by atoms with Crippen LogP contribution in [0.3, 0.4) is 0 Å². The van der Waals surface area contributed by atoms with Crippen molar-refractivity contribution in [2.24, 2.45) is 11.1 Å². The third-order valence-electron chi connectivity index (χ3n) is 4.99. The van der Waals surface area contributed by atoms with Crippen molar-refractivity contribution in [1.29, 1.82) is 0 Å². The maximum Gasteiger partial charge on any atom is 0.307 e. The molecule has 3 atom stereocenters. The van der Waals surface area contributed by atoms with Gasteiger partial charge in [-0.25, -0.2) is 0 Å². The molecule has 174 valence electrons. The van der Waals surface area contributed by atoms with Crippen LogP contribution in [0.4, 0.5) is 0 Å². The fourth-order valence-electron chi connectivity index (χ4n) is 3.70. The summed E-state index contributed by atoms with van der Waals surface area (Å²) in [4.78, 5) is 30.9. The first-order valence-corrected chi connectivity index (χ1v) is 12.4. The Morgan fingerprint density at radius 2 is 2.06 bits per heavy atom. The summed E-state index contributed by atoms with van der Waals surface area (Å²) in [5.74, 6) is -0.390. The second kappa shape index (κ2) is 13.5. The predicted molar refractivity (Wildman–Crippen MR) is 127 cm³/mol. The summed E-state index contributed by atoms with van der Waals surface area (Å²) in [6.45, 7) is 5.37. The average molecular weight is 480 g/mol. The van der Waals surface area contributed by atoms with Gasteiger partial charge in [-0.2, -0.15) is 0 Å². The molecule has 0 saturated heterocycles. The van der Waals surface area contributed by atoms with Crippen molar-refractivity contribution < 1.29 is 23.7 Å². The van der Waals surface area contributed by atoms with Gasteiger partial charge in [0.2, 0.25) is 0 Å². The SMILES string of the molecule is CCCC(=NOCC=CCl)C1=C(OC(C)=O)CC(CC(C)[S+]([O-])c2ccccc2)CC1=O. The number of benzene rings is 1. The molecule has 0 heterocycles. The highest BCUT2D eigenvalue weighted by Crippen LogP contribution is 2.34. The van der Waals surface area contributed by atoms with Gasteiger partial charge in [0.15, 0.2) is 10.7 Å². The van der Waals surface area contributed by atoms with E-state index >= 15 is 0 Å². The van der Waals surface area contributed by atoms with Crippen LogP contribution in [0, 0.1) is 5.92 Å². The molecule has 6 nitrogen and oxygen atoms in total. The van der Waals surface area contributed by atoms with E-state index in [9.17, 15) is 14.1 Å². The summed E-state index contributed by atoms with van der Waals surface area (Å²) in [6, 6.07) is 9.28. The number of esters is 1. The van der Waals surface area contributed by atoms with Crippen LogP contribution in [0.15, 0.2) is 63.3 Å². The Hall–Kier alpha value is -2.09. The first-order chi connectivity index (χ1) is 15.4. The van der Waals surface area contributed by atoms with E-state index in [1.807, 2.05) is 44.2 Å². The normalized spacial score (nSPS) is 19.2. The lowest BCUT2D eigenvalue weighted by Gasteiger charge is -2.28. The molecule has 0 saturated carbocycles. The van der Waals surface area contributed by atoms with Gasteiger partial charge in [-0.05, 0) is 55.1 Å². The van der Waals surface area contributed by atoms with Crippen molar-refractivity contribution in [1.82, 2.24) is 0 Å². The van der Waals surface area contributed by atoms with Gasteiger partial charge in [-0.15, -0.1) is 0 Å². The van der Waals surface area contributed by atoms with Crippen LogP contribution in [0.2, 0.25) is 0 Å². The Bertz CT molecular complexity index is 868. The number of allylic oxidation sites excluding steroid dienone is 2. The summed E-state index contributed by atoms with van der Waals surface area (Å²) in [5.41, 5.74) is 2.12. The molecule has 0 N–H and O–H groups in total. The highest BCUT2D eigenvalue weighted by molar-refractivity contribution is 7.92. The van der Waals surface area contributed by atoms with Gasteiger partial charge in [0.1, 0.15) is 17.6 Å². The van der Waals surface area contributed by atoms with E-state index in [0.717, 1.165) is 11.3 Å². The molecule has 8 heteroatoms. The van der Waals surface area contributed by atoms with E-state index in [1.165, 1.54) is 12.5 Å². The summed E-state index contributed by atoms with van der Waals surface area (Å²) >= 11 is 4.31. The van der Waals surface area contributed by atoms with Crippen LogP contribution in [0.25, 0.3) is 0 Å². The van der Waals surface area contributed by atoms with Crippen molar-refractivity contribution in [3.63, 3.8) is 0 Å². The topological polar surface area (TPSA) is 88.0 Å². The van der Waals surface area contributed by atoms with Crippen LogP contribution in [0.5, 0.6) is 0 Å². The lowest BCUT2D eigenvalue weighted by atomic mass is 9.82. The number of ether oxygens (including phenoxy) is 1. The fraction of sp³-hybridized carbons (Fsp3) is 0.458. The largest absolute Gasteiger partial charge is 0.611 e. The Kier molecular flexibility index (Phi) is 11.0. The Labute approximate surface area is 197 Å². The third kappa shape index (κ3) is 7.80. The second-order valence-electron chi connectivity index (χ2n) is 7.69. The van der Waals surface area contributed by atoms with Crippen LogP contribution < -0.4 is 0 Å². The van der Waals surface area contributed by atoms with Crippen LogP contribution in [0.1, 0.15) is 52.9 Å². The second-order valence-corrected chi connectivity index (χ2v) is 9.81. The molecule has 0 aliphatic heterocycles. The van der Waals surface area contributed by atoms with E-state index < -0.39 is 17.1 Å². The van der Waals surface area contributed by atoms with Gasteiger partial charge < -0.3 is 14.1 Å². The van der Waals surface area contributed by atoms with Gasteiger partial charge >= 0.3 is 5.97 Å². The molecular formula is C24H30ClNO5S. The summed E-state index contributed by atoms with van der Waals surface area (Å²) in [7, 11) is 0. The molecule has 0 bridgehead atoms. The summed E-state index contributed by atoms with van der Waals surface area (Å²) < 4.78 is 18.3. The molecule has 0 amide bonds. The number of carbonyl (C=O) groups is 2. The molecule has 0 spiro atoms. The van der Waals surface area contributed by atoms with Gasteiger partial charge in [-0.1, -0.05) is 48.3 Å². The maximum atomic E-state index is 13.1. The number of carbonyl (C=O) groups excluding carboxylic acids is 2. The number of oxime groups is 1. The number of Topliss-reactive ketones (excluding diaryl/α,β-unsaturated/α-hetero) is 1. The minimum Gasteiger partial charge on any atom is -0.611 e. The molecule has 3 unspecified atom stereocenters. The monoisotopic (exact) mass is 479 g/mol. The fourth-order valence-corrected chi connectivity index (χ4v) is 5.11. The average Bonchev–Trinajstić information content (AvgIpc) is 2.76. The van der Waals surface area contributed by atoms with Crippen molar-refractivity contribution in [2.45, 2.75) is 63.0 Å². The zero-order valence-electron chi connectivity index (χ0n) is 18.7. The minimum absolute atomic E-state index is 0.0776. The van der Waals surface area contributed by atoms with Gasteiger partial charge in [0.25, 0.3) is 0 Å². The van der Waals surface area contributed by atoms with E-state index in [0.29, 0.717) is 36.3 Å². The summed E-state index contributed by atoms with van der Waals surface area (Å²) in [5, 5.41) is 3.98. The van der Waals surface area contributed by atoms with Crippen LogP contribution in [-0.2, 0) is 30.3 Å². The maximum absolute atomic E-state index is 13.1. The van der Waals surface area contributed by atoms with Crippen molar-refractivity contribution >= 4 is 40.2 Å². The first kappa shape index (κ1) is 26.2. The Morgan fingerprint density at radius 1 is 1.34 bits per heavy atom. The molecule has 1 aliphatic carbocycles. The van der Waals surface area contributed by atoms with E-state index in [1.54, 1.807) is 6.08 Å². The summed E-state index contributed by atoms with van der Waals surface area (Å²) in [6.07, 6.45) is 4.09. The van der Waals surface area contributed by atoms with E-state index in [-0.39, 0.29) is 30.0 Å². The van der Waals surface area contributed by atoms with Crippen molar-refractivity contribution in [3.05, 3.63) is 53.3 Å². The first-order valence-electron chi connectivity index (χ1n) is 10.7. The van der Waals surface area contributed by atoms with Crippen molar-refractivity contribution in [2.75, 3.05) is 6.61 Å². The molecule has 0 fully saturated rings. The van der Waals surface area contributed by atoms with Crippen LogP contribution in [-0.4, -0.2) is 33.9 Å². The lowest BCUT2D eigenvalue weighted by Crippen LogP contribution is -2.30. The Morgan fingerprint density at radius 3 is 2.69 bits per heavy atom. The van der Waals surface area contributed by atoms with E-state index in [4.69, 9.17) is 21.2 Å². The molecule has 0 radical (unpaired) electrons. The van der Waals surface area contributed by atoms with Gasteiger partial charge in [-0.3, -0.25) is 9.59 Å². The van der Waals surface area contributed by atoms with Gasteiger partial charge in [0, 0.05) is 25.3 Å². The number of halogens is 1. The third-order valence-corrected chi connectivity index (χ3v) is 6.83. The zero-order valence-corrected chi connectivity index (χ0v) is 20.3. The molecule has 1 aliphatic rings. The molecule has 0 aromatic heterocycles. The number of nitrogens with zero attached hydrogens (tertiary/aromatic N) is 1. The Balaban J connectivity index is 2.24. The highest BCUT2D eigenvalue weighted by atomic mass is 35.5. The number of hydrogen-bond acceptors (Lipinski definition) is 6. The lowest BCUT2D eigenvalue weighted by molar-refractivity contribution is -0.137. The molecule has 32 heavy (non-hydrogen) atoms. The quantitative estimate of drug-likeness (QED) is 0.141. The molecule has 1 aromatic carbocycles. The highest BCUT2D eigenvalue weighted by Gasteiger charge is 2.35. The zero-order chi connectivity index (χ0) is 23.5. The number of ketones is 1. The number of hydrogen-bond donors (Lipinski definition) is 0. The smallest absolute Gasteiger partial charge is 0.307 e. The number of rotatable bonds is 11.